The predicted molar refractivity (Wildman–Crippen MR) is 104 cm³/mol. The number of ether oxygens (including phenoxy) is 1. The number of aromatic nitrogens is 3. The monoisotopic (exact) mass is 373 g/mol. The Hall–Kier alpha value is -2.61. The summed E-state index contributed by atoms with van der Waals surface area (Å²) in [6, 6.07) is 7.38. The number of thiazole rings is 1. The molecular weight excluding hydrogens is 350 g/mol. The van der Waals surface area contributed by atoms with Crippen molar-refractivity contribution in [3.05, 3.63) is 36.2 Å². The van der Waals surface area contributed by atoms with E-state index in [1.54, 1.807) is 13.3 Å². The lowest BCUT2D eigenvalue weighted by Crippen LogP contribution is -2.34. The summed E-state index contributed by atoms with van der Waals surface area (Å²) in [6.45, 7) is 4.80. The van der Waals surface area contributed by atoms with Gasteiger partial charge in [-0.2, -0.15) is 5.10 Å². The Balaban J connectivity index is 1.64. The number of carbonyl (C=O) groups is 1. The van der Waals surface area contributed by atoms with Crippen LogP contribution in [0.15, 0.2) is 30.5 Å². The molecule has 0 aliphatic carbocycles. The van der Waals surface area contributed by atoms with Gasteiger partial charge >= 0.3 is 6.03 Å². The first kappa shape index (κ1) is 18.2. The second-order valence-corrected chi connectivity index (χ2v) is 7.45. The highest BCUT2D eigenvalue weighted by molar-refractivity contribution is 7.22. The summed E-state index contributed by atoms with van der Waals surface area (Å²) in [5, 5.41) is 10.5. The number of urea groups is 1. The number of nitrogens with zero attached hydrogens (tertiary/aromatic N) is 3. The standard InChI is InChI=1S/C18H23N5O2S/c1-11(2)13(15-7-8-20-23(15)3)10-19-17(24)22-18-21-14-6-5-12(25-4)9-16(14)26-18/h5-9,11,13H,10H2,1-4H3,(H2,19,21,22,24)/t13-/m0/s1. The lowest BCUT2D eigenvalue weighted by atomic mass is 9.92. The molecule has 1 atom stereocenters. The third-order valence-electron chi connectivity index (χ3n) is 4.34. The van der Waals surface area contributed by atoms with Gasteiger partial charge < -0.3 is 10.1 Å². The minimum atomic E-state index is -0.260. The molecule has 7 nitrogen and oxygen atoms in total. The number of nitrogens with one attached hydrogen (secondary N) is 2. The van der Waals surface area contributed by atoms with Crippen LogP contribution in [-0.2, 0) is 7.05 Å². The number of hydrogen-bond acceptors (Lipinski definition) is 5. The second-order valence-electron chi connectivity index (χ2n) is 6.42. The molecule has 0 saturated carbocycles. The molecule has 0 radical (unpaired) electrons. The molecule has 0 bridgehead atoms. The van der Waals surface area contributed by atoms with E-state index < -0.39 is 0 Å². The summed E-state index contributed by atoms with van der Waals surface area (Å²) in [4.78, 5) is 16.7. The maximum Gasteiger partial charge on any atom is 0.321 e. The number of hydrogen-bond donors (Lipinski definition) is 2. The summed E-state index contributed by atoms with van der Waals surface area (Å²) in [5.41, 5.74) is 1.94. The fourth-order valence-corrected chi connectivity index (χ4v) is 3.75. The molecule has 1 aromatic carbocycles. The maximum absolute atomic E-state index is 12.3. The van der Waals surface area contributed by atoms with Gasteiger partial charge in [-0.15, -0.1) is 0 Å². The van der Waals surface area contributed by atoms with Crippen molar-refractivity contribution in [3.63, 3.8) is 0 Å². The number of carbonyl (C=O) groups excluding carboxylic acids is 1. The van der Waals surface area contributed by atoms with Gasteiger partial charge in [0.25, 0.3) is 0 Å². The van der Waals surface area contributed by atoms with E-state index >= 15 is 0 Å². The normalized spacial score (nSPS) is 12.3. The molecule has 2 aromatic heterocycles. The number of rotatable bonds is 6. The van der Waals surface area contributed by atoms with Gasteiger partial charge in [0.2, 0.25) is 0 Å². The van der Waals surface area contributed by atoms with E-state index in [1.165, 1.54) is 11.3 Å². The highest BCUT2D eigenvalue weighted by Crippen LogP contribution is 2.29. The molecular formula is C18H23N5O2S. The van der Waals surface area contributed by atoms with E-state index in [4.69, 9.17) is 4.74 Å². The minimum Gasteiger partial charge on any atom is -0.497 e. The molecule has 2 N–H and O–H groups in total. The van der Waals surface area contributed by atoms with Gasteiger partial charge in [0.05, 0.1) is 17.3 Å². The molecule has 3 aromatic rings. The van der Waals surface area contributed by atoms with Crippen LogP contribution < -0.4 is 15.4 Å². The van der Waals surface area contributed by atoms with Crippen LogP contribution in [0.2, 0.25) is 0 Å². The van der Waals surface area contributed by atoms with Crippen molar-refractivity contribution in [2.24, 2.45) is 13.0 Å². The zero-order valence-electron chi connectivity index (χ0n) is 15.3. The Morgan fingerprint density at radius 2 is 2.15 bits per heavy atom. The Bertz CT molecular complexity index is 902. The van der Waals surface area contributed by atoms with Crippen molar-refractivity contribution in [1.29, 1.82) is 0 Å². The lowest BCUT2D eigenvalue weighted by molar-refractivity contribution is 0.250. The number of methoxy groups -OCH3 is 1. The summed E-state index contributed by atoms with van der Waals surface area (Å²) < 4.78 is 8.04. The largest absolute Gasteiger partial charge is 0.497 e. The Morgan fingerprint density at radius 1 is 1.35 bits per heavy atom. The summed E-state index contributed by atoms with van der Waals surface area (Å²) in [5.74, 6) is 1.33. The minimum absolute atomic E-state index is 0.188. The highest BCUT2D eigenvalue weighted by Gasteiger charge is 2.20. The van der Waals surface area contributed by atoms with Crippen molar-refractivity contribution < 1.29 is 9.53 Å². The van der Waals surface area contributed by atoms with Crippen molar-refractivity contribution in [2.75, 3.05) is 19.0 Å². The number of aryl methyl sites for hydroxylation is 1. The van der Waals surface area contributed by atoms with Gasteiger partial charge in [0.1, 0.15) is 5.75 Å². The van der Waals surface area contributed by atoms with Crippen LogP contribution in [0.3, 0.4) is 0 Å². The Labute approximate surface area is 156 Å². The first-order valence-corrected chi connectivity index (χ1v) is 9.27. The second kappa shape index (κ2) is 7.74. The first-order chi connectivity index (χ1) is 12.5. The highest BCUT2D eigenvalue weighted by atomic mass is 32.1. The third kappa shape index (κ3) is 3.96. The summed E-state index contributed by atoms with van der Waals surface area (Å²) in [6.07, 6.45) is 1.78. The van der Waals surface area contributed by atoms with Gasteiger partial charge in [-0.3, -0.25) is 10.00 Å². The topological polar surface area (TPSA) is 81.1 Å². The molecule has 3 rings (SSSR count). The average Bonchev–Trinajstić information content (AvgIpc) is 3.19. The molecule has 0 fully saturated rings. The zero-order valence-corrected chi connectivity index (χ0v) is 16.1. The molecule has 0 aliphatic rings. The van der Waals surface area contributed by atoms with E-state index in [0.29, 0.717) is 17.6 Å². The number of fused-ring (bicyclic) bond motifs is 1. The van der Waals surface area contributed by atoms with Gasteiger partial charge in [-0.25, -0.2) is 9.78 Å². The molecule has 0 unspecified atom stereocenters. The maximum atomic E-state index is 12.3. The fourth-order valence-electron chi connectivity index (χ4n) is 2.86. The molecule has 26 heavy (non-hydrogen) atoms. The van der Waals surface area contributed by atoms with Gasteiger partial charge in [-0.1, -0.05) is 25.2 Å². The molecule has 0 spiro atoms. The molecule has 2 amide bonds. The third-order valence-corrected chi connectivity index (χ3v) is 5.28. The van der Waals surface area contributed by atoms with E-state index in [9.17, 15) is 4.79 Å². The summed E-state index contributed by atoms with van der Waals surface area (Å²) in [7, 11) is 3.54. The lowest BCUT2D eigenvalue weighted by Gasteiger charge is -2.21. The fraction of sp³-hybridized carbons (Fsp3) is 0.389. The smallest absolute Gasteiger partial charge is 0.321 e. The van der Waals surface area contributed by atoms with Crippen molar-refractivity contribution in [1.82, 2.24) is 20.1 Å². The van der Waals surface area contributed by atoms with E-state index in [1.807, 2.05) is 36.0 Å². The van der Waals surface area contributed by atoms with E-state index in [0.717, 1.165) is 21.7 Å². The van der Waals surface area contributed by atoms with Crippen LogP contribution in [0.5, 0.6) is 5.75 Å². The van der Waals surface area contributed by atoms with Crippen LogP contribution >= 0.6 is 11.3 Å². The van der Waals surface area contributed by atoms with Crippen LogP contribution in [-0.4, -0.2) is 34.5 Å². The SMILES string of the molecule is COc1ccc2nc(NC(=O)NC[C@H](c3ccnn3C)C(C)C)sc2c1. The molecule has 138 valence electrons. The van der Waals surface area contributed by atoms with E-state index in [-0.39, 0.29) is 11.9 Å². The molecule has 0 aliphatic heterocycles. The van der Waals surface area contributed by atoms with Crippen molar-refractivity contribution >= 4 is 32.7 Å². The van der Waals surface area contributed by atoms with E-state index in [2.05, 4.69) is 34.6 Å². The Morgan fingerprint density at radius 3 is 2.81 bits per heavy atom. The predicted octanol–water partition coefficient (Wildman–Crippen LogP) is 3.60. The van der Waals surface area contributed by atoms with Crippen LogP contribution in [0.1, 0.15) is 25.5 Å². The number of amides is 2. The van der Waals surface area contributed by atoms with Gasteiger partial charge in [0, 0.05) is 31.4 Å². The molecule has 0 saturated heterocycles. The summed E-state index contributed by atoms with van der Waals surface area (Å²) >= 11 is 1.42. The Kier molecular flexibility index (Phi) is 5.41. The van der Waals surface area contributed by atoms with Crippen molar-refractivity contribution in [3.8, 4) is 5.75 Å². The number of benzene rings is 1. The van der Waals surface area contributed by atoms with Crippen molar-refractivity contribution in [2.45, 2.75) is 19.8 Å². The van der Waals surface area contributed by atoms with Gasteiger partial charge in [-0.05, 0) is 30.2 Å². The quantitative estimate of drug-likeness (QED) is 0.692. The first-order valence-electron chi connectivity index (χ1n) is 8.45. The zero-order chi connectivity index (χ0) is 18.7. The molecule has 8 heteroatoms. The van der Waals surface area contributed by atoms with Crippen LogP contribution in [0.25, 0.3) is 10.2 Å². The molecule has 2 heterocycles. The number of anilines is 1. The van der Waals surface area contributed by atoms with Gasteiger partial charge in [0.15, 0.2) is 5.13 Å². The van der Waals surface area contributed by atoms with Crippen LogP contribution in [0, 0.1) is 5.92 Å². The average molecular weight is 373 g/mol. The van der Waals surface area contributed by atoms with Crippen LogP contribution in [0.4, 0.5) is 9.93 Å².